The zero-order valence-electron chi connectivity index (χ0n) is 8.77. The first-order chi connectivity index (χ1) is 7.20. The minimum atomic E-state index is -0.282. The van der Waals surface area contributed by atoms with Crippen LogP contribution in [-0.2, 0) is 0 Å². The molecule has 0 bridgehead atoms. The molecular weight excluding hydrogens is 186 g/mol. The summed E-state index contributed by atoms with van der Waals surface area (Å²) in [5, 5.41) is 11.4. The number of benzene rings is 2. The molecule has 0 radical (unpaired) electrons. The number of fused-ring (bicyclic) bond motifs is 1. The number of aliphatic hydroxyl groups excluding tert-OH is 1. The minimum absolute atomic E-state index is 0.0165. The Balaban J connectivity index is 2.54. The van der Waals surface area contributed by atoms with Crippen molar-refractivity contribution in [2.75, 3.05) is 6.61 Å². The number of hydrogen-bond donors (Lipinski definition) is 2. The molecule has 2 heteroatoms. The van der Waals surface area contributed by atoms with Crippen LogP contribution in [-0.4, -0.2) is 11.7 Å². The third-order valence-electron chi connectivity index (χ3n) is 2.64. The highest BCUT2D eigenvalue weighted by Crippen LogP contribution is 2.20. The molecule has 0 spiro atoms. The number of rotatable bonds is 2. The standard InChI is InChI=1S/C13H15NO/c1-9-2-3-10-4-5-11(13(14)8-15)7-12(10)6-9/h2-7,13,15H,8,14H2,1H3/t13-/m0/s1. The van der Waals surface area contributed by atoms with Gasteiger partial charge in [0.2, 0.25) is 0 Å². The fourth-order valence-corrected chi connectivity index (χ4v) is 1.72. The van der Waals surface area contributed by atoms with E-state index in [1.54, 1.807) is 0 Å². The van der Waals surface area contributed by atoms with Crippen LogP contribution in [0.1, 0.15) is 17.2 Å². The average Bonchev–Trinajstić information content (AvgIpc) is 2.27. The van der Waals surface area contributed by atoms with Gasteiger partial charge in [0.25, 0.3) is 0 Å². The Morgan fingerprint density at radius 3 is 2.60 bits per heavy atom. The molecule has 0 saturated heterocycles. The van der Waals surface area contributed by atoms with E-state index in [0.717, 1.165) is 5.56 Å². The molecule has 0 unspecified atom stereocenters. The van der Waals surface area contributed by atoms with E-state index in [2.05, 4.69) is 25.1 Å². The van der Waals surface area contributed by atoms with Gasteiger partial charge in [0, 0.05) is 0 Å². The maximum Gasteiger partial charge on any atom is 0.0624 e. The molecule has 2 aromatic rings. The summed E-state index contributed by atoms with van der Waals surface area (Å²) in [5.41, 5.74) is 7.99. The Labute approximate surface area is 89.3 Å². The first-order valence-electron chi connectivity index (χ1n) is 5.07. The van der Waals surface area contributed by atoms with E-state index < -0.39 is 0 Å². The van der Waals surface area contributed by atoms with Crippen LogP contribution in [0, 0.1) is 6.92 Å². The molecule has 1 atom stereocenters. The normalized spacial score (nSPS) is 13.0. The Morgan fingerprint density at radius 1 is 1.13 bits per heavy atom. The van der Waals surface area contributed by atoms with Gasteiger partial charge in [-0.1, -0.05) is 35.9 Å². The van der Waals surface area contributed by atoms with Gasteiger partial charge >= 0.3 is 0 Å². The zero-order valence-corrected chi connectivity index (χ0v) is 8.77. The van der Waals surface area contributed by atoms with Crippen LogP contribution in [0.5, 0.6) is 0 Å². The zero-order chi connectivity index (χ0) is 10.8. The van der Waals surface area contributed by atoms with Crippen molar-refractivity contribution in [3.05, 3.63) is 47.5 Å². The second-order valence-corrected chi connectivity index (χ2v) is 3.90. The van der Waals surface area contributed by atoms with Gasteiger partial charge in [-0.15, -0.1) is 0 Å². The topological polar surface area (TPSA) is 46.2 Å². The van der Waals surface area contributed by atoms with Crippen molar-refractivity contribution < 1.29 is 5.11 Å². The highest BCUT2D eigenvalue weighted by Gasteiger charge is 2.04. The van der Waals surface area contributed by atoms with Gasteiger partial charge in [0.05, 0.1) is 12.6 Å². The number of aliphatic hydroxyl groups is 1. The summed E-state index contributed by atoms with van der Waals surface area (Å²) >= 11 is 0. The first kappa shape index (κ1) is 10.1. The molecule has 2 rings (SSSR count). The predicted octanol–water partition coefficient (Wildman–Crippen LogP) is 2.14. The molecule has 78 valence electrons. The average molecular weight is 201 g/mol. The van der Waals surface area contributed by atoms with Crippen LogP contribution in [0.4, 0.5) is 0 Å². The van der Waals surface area contributed by atoms with Gasteiger partial charge in [-0.2, -0.15) is 0 Å². The fraction of sp³-hybridized carbons (Fsp3) is 0.231. The van der Waals surface area contributed by atoms with Gasteiger partial charge < -0.3 is 10.8 Å². The molecule has 2 aromatic carbocycles. The lowest BCUT2D eigenvalue weighted by molar-refractivity contribution is 0.268. The minimum Gasteiger partial charge on any atom is -0.394 e. The summed E-state index contributed by atoms with van der Waals surface area (Å²) in [6.07, 6.45) is 0. The lowest BCUT2D eigenvalue weighted by atomic mass is 10.0. The third kappa shape index (κ3) is 2.01. The van der Waals surface area contributed by atoms with E-state index in [0.29, 0.717) is 0 Å². The largest absolute Gasteiger partial charge is 0.394 e. The van der Waals surface area contributed by atoms with Gasteiger partial charge in [-0.05, 0) is 29.3 Å². The van der Waals surface area contributed by atoms with Gasteiger partial charge in [-0.3, -0.25) is 0 Å². The van der Waals surface area contributed by atoms with Crippen molar-refractivity contribution in [2.24, 2.45) is 5.73 Å². The molecule has 0 aliphatic carbocycles. The summed E-state index contributed by atoms with van der Waals surface area (Å²) in [6, 6.07) is 12.1. The van der Waals surface area contributed by atoms with Crippen LogP contribution >= 0.6 is 0 Å². The maximum atomic E-state index is 8.99. The van der Waals surface area contributed by atoms with Crippen molar-refractivity contribution in [3.63, 3.8) is 0 Å². The summed E-state index contributed by atoms with van der Waals surface area (Å²) in [5.74, 6) is 0. The van der Waals surface area contributed by atoms with Crippen molar-refractivity contribution >= 4 is 10.8 Å². The Kier molecular flexibility index (Phi) is 2.71. The van der Waals surface area contributed by atoms with E-state index >= 15 is 0 Å². The van der Waals surface area contributed by atoms with E-state index in [-0.39, 0.29) is 12.6 Å². The summed E-state index contributed by atoms with van der Waals surface area (Å²) in [7, 11) is 0. The Hall–Kier alpha value is -1.38. The first-order valence-corrected chi connectivity index (χ1v) is 5.07. The van der Waals surface area contributed by atoms with E-state index in [1.165, 1.54) is 16.3 Å². The summed E-state index contributed by atoms with van der Waals surface area (Å²) in [6.45, 7) is 2.05. The molecule has 0 heterocycles. The smallest absolute Gasteiger partial charge is 0.0624 e. The van der Waals surface area contributed by atoms with Crippen LogP contribution < -0.4 is 5.73 Å². The number of hydrogen-bond acceptors (Lipinski definition) is 2. The SMILES string of the molecule is Cc1ccc2ccc([C@@H](N)CO)cc2c1. The van der Waals surface area contributed by atoms with Gasteiger partial charge in [0.1, 0.15) is 0 Å². The highest BCUT2D eigenvalue weighted by molar-refractivity contribution is 5.83. The van der Waals surface area contributed by atoms with Crippen molar-refractivity contribution in [1.29, 1.82) is 0 Å². The Morgan fingerprint density at radius 2 is 1.87 bits per heavy atom. The van der Waals surface area contributed by atoms with E-state index in [1.807, 2.05) is 18.2 Å². The quantitative estimate of drug-likeness (QED) is 0.782. The van der Waals surface area contributed by atoms with Crippen LogP contribution in [0.2, 0.25) is 0 Å². The van der Waals surface area contributed by atoms with Crippen LogP contribution in [0.25, 0.3) is 10.8 Å². The van der Waals surface area contributed by atoms with Crippen molar-refractivity contribution in [3.8, 4) is 0 Å². The van der Waals surface area contributed by atoms with Crippen LogP contribution in [0.15, 0.2) is 36.4 Å². The second-order valence-electron chi connectivity index (χ2n) is 3.90. The summed E-state index contributed by atoms with van der Waals surface area (Å²) < 4.78 is 0. The lowest BCUT2D eigenvalue weighted by Crippen LogP contribution is -2.14. The number of aryl methyl sites for hydroxylation is 1. The van der Waals surface area contributed by atoms with Crippen LogP contribution in [0.3, 0.4) is 0 Å². The van der Waals surface area contributed by atoms with Gasteiger partial charge in [-0.25, -0.2) is 0 Å². The summed E-state index contributed by atoms with van der Waals surface area (Å²) in [4.78, 5) is 0. The maximum absolute atomic E-state index is 8.99. The van der Waals surface area contributed by atoms with E-state index in [9.17, 15) is 0 Å². The molecule has 0 aliphatic rings. The monoisotopic (exact) mass is 201 g/mol. The number of nitrogens with two attached hydrogens (primary N) is 1. The van der Waals surface area contributed by atoms with Crippen molar-refractivity contribution in [2.45, 2.75) is 13.0 Å². The predicted molar refractivity (Wildman–Crippen MR) is 62.7 cm³/mol. The molecule has 0 saturated carbocycles. The molecule has 2 nitrogen and oxygen atoms in total. The van der Waals surface area contributed by atoms with Gasteiger partial charge in [0.15, 0.2) is 0 Å². The molecule has 0 fully saturated rings. The lowest BCUT2D eigenvalue weighted by Gasteiger charge is -2.09. The van der Waals surface area contributed by atoms with E-state index in [4.69, 9.17) is 10.8 Å². The Bertz CT molecular complexity index is 479. The third-order valence-corrected chi connectivity index (χ3v) is 2.64. The molecule has 15 heavy (non-hydrogen) atoms. The second kappa shape index (κ2) is 4.01. The fourth-order valence-electron chi connectivity index (χ4n) is 1.72. The molecule has 0 amide bonds. The molecule has 0 aromatic heterocycles. The highest BCUT2D eigenvalue weighted by atomic mass is 16.3. The molecule has 3 N–H and O–H groups in total. The molecule has 0 aliphatic heterocycles. The molecular formula is C13H15NO. The van der Waals surface area contributed by atoms with Crippen molar-refractivity contribution in [1.82, 2.24) is 0 Å².